The highest BCUT2D eigenvalue weighted by molar-refractivity contribution is 5.82. The van der Waals surface area contributed by atoms with Gasteiger partial charge in [0.1, 0.15) is 5.75 Å². The second kappa shape index (κ2) is 14.6. The van der Waals surface area contributed by atoms with Crippen molar-refractivity contribution in [3.8, 4) is 28.3 Å². The Morgan fingerprint density at radius 3 is 2.05 bits per heavy atom. The van der Waals surface area contributed by atoms with Gasteiger partial charge in [-0.1, -0.05) is 95.2 Å². The van der Waals surface area contributed by atoms with E-state index < -0.39 is 11.6 Å². The Bertz CT molecular complexity index is 1090. The molecule has 0 aliphatic carbocycles. The minimum absolute atomic E-state index is 0.179. The average molecular weight is 505 g/mol. The molecule has 1 heterocycles. The summed E-state index contributed by atoms with van der Waals surface area (Å²) >= 11 is 0. The highest BCUT2D eigenvalue weighted by Crippen LogP contribution is 2.32. The van der Waals surface area contributed by atoms with Gasteiger partial charge in [-0.3, -0.25) is 0 Å². The van der Waals surface area contributed by atoms with Gasteiger partial charge in [-0.25, -0.2) is 19.2 Å². The van der Waals surface area contributed by atoms with Gasteiger partial charge in [-0.05, 0) is 61.4 Å². The highest BCUT2D eigenvalue weighted by atomic mass is 19.1. The molecule has 5 heteroatoms. The predicted molar refractivity (Wildman–Crippen MR) is 149 cm³/mol. The fraction of sp³-hybridized carbons (Fsp3) is 0.469. The smallest absolute Gasteiger partial charge is 0.348 e. The van der Waals surface area contributed by atoms with Gasteiger partial charge in [0, 0.05) is 18.0 Å². The van der Waals surface area contributed by atoms with Crippen LogP contribution in [0.3, 0.4) is 0 Å². The summed E-state index contributed by atoms with van der Waals surface area (Å²) < 4.78 is 20.3. The van der Waals surface area contributed by atoms with Gasteiger partial charge < -0.3 is 4.74 Å². The Morgan fingerprint density at radius 2 is 1.41 bits per heavy atom. The van der Waals surface area contributed by atoms with E-state index in [0.717, 1.165) is 60.8 Å². The molecule has 198 valence electrons. The van der Waals surface area contributed by atoms with Crippen molar-refractivity contribution in [2.75, 3.05) is 0 Å². The Labute approximate surface area is 221 Å². The van der Waals surface area contributed by atoms with Crippen LogP contribution in [0.25, 0.3) is 22.5 Å². The highest BCUT2D eigenvalue weighted by Gasteiger charge is 2.34. The summed E-state index contributed by atoms with van der Waals surface area (Å²) in [6, 6.07) is 15.2. The third-order valence-corrected chi connectivity index (χ3v) is 6.74. The van der Waals surface area contributed by atoms with Crippen molar-refractivity contribution in [2.45, 2.75) is 97.1 Å². The van der Waals surface area contributed by atoms with E-state index in [-0.39, 0.29) is 6.42 Å². The molecular formula is C32H41FN2O2. The molecule has 0 saturated carbocycles. The molecule has 3 rings (SSSR count). The average Bonchev–Trinajstić information content (AvgIpc) is 2.92. The number of nitrogens with zero attached hydrogens (tertiary/aromatic N) is 2. The van der Waals surface area contributed by atoms with Crippen molar-refractivity contribution < 1.29 is 13.9 Å². The number of halogens is 1. The van der Waals surface area contributed by atoms with Crippen molar-refractivity contribution in [1.29, 1.82) is 0 Å². The summed E-state index contributed by atoms with van der Waals surface area (Å²) in [5, 5.41) is 0. The van der Waals surface area contributed by atoms with Crippen LogP contribution >= 0.6 is 0 Å². The first-order valence-electron chi connectivity index (χ1n) is 13.9. The fourth-order valence-corrected chi connectivity index (χ4v) is 4.39. The van der Waals surface area contributed by atoms with Crippen molar-refractivity contribution in [1.82, 2.24) is 9.97 Å². The van der Waals surface area contributed by atoms with Crippen molar-refractivity contribution in [2.24, 2.45) is 0 Å². The van der Waals surface area contributed by atoms with E-state index in [1.54, 1.807) is 12.1 Å². The van der Waals surface area contributed by atoms with Crippen LogP contribution in [-0.2, 0) is 11.2 Å². The number of aryl methyl sites for hydroxylation is 1. The maximum atomic E-state index is 14.9. The van der Waals surface area contributed by atoms with E-state index >= 15 is 0 Å². The minimum Gasteiger partial charge on any atom is -0.424 e. The number of alkyl halides is 1. The van der Waals surface area contributed by atoms with Crippen LogP contribution in [0.1, 0.15) is 90.5 Å². The largest absolute Gasteiger partial charge is 0.424 e. The summed E-state index contributed by atoms with van der Waals surface area (Å²) in [4.78, 5) is 21.7. The molecule has 0 fully saturated rings. The van der Waals surface area contributed by atoms with E-state index in [1.165, 1.54) is 26.2 Å². The summed E-state index contributed by atoms with van der Waals surface area (Å²) in [7, 11) is 0. The molecule has 0 bridgehead atoms. The first kappa shape index (κ1) is 28.5. The standard InChI is InChI=1S/C32H41FN2O2/c1-4-6-8-10-14-22-32(3,33)31(36)37-27-20-18-26(19-21-27)28-16-12-13-17-29(28)30-34-23-25(24-35-30)15-11-9-7-5-2/h12-13,16-21,23-24H,4-11,14-15,22H2,1-3H3. The number of aromatic nitrogens is 2. The van der Waals surface area contributed by atoms with Gasteiger partial charge in [0.2, 0.25) is 5.67 Å². The number of hydrogen-bond acceptors (Lipinski definition) is 4. The summed E-state index contributed by atoms with van der Waals surface area (Å²) in [5.74, 6) is 0.180. The lowest BCUT2D eigenvalue weighted by Crippen LogP contribution is -2.34. The summed E-state index contributed by atoms with van der Waals surface area (Å²) in [5.41, 5.74) is 2.03. The second-order valence-corrected chi connectivity index (χ2v) is 10.0. The number of rotatable bonds is 15. The Balaban J connectivity index is 1.64. The summed E-state index contributed by atoms with van der Waals surface area (Å²) in [6.45, 7) is 5.67. The Kier molecular flexibility index (Phi) is 11.2. The molecule has 0 aliphatic rings. The lowest BCUT2D eigenvalue weighted by Gasteiger charge is -2.18. The maximum Gasteiger partial charge on any atom is 0.348 e. The molecule has 3 aromatic rings. The van der Waals surface area contributed by atoms with Gasteiger partial charge in [0.15, 0.2) is 5.82 Å². The summed E-state index contributed by atoms with van der Waals surface area (Å²) in [6.07, 6.45) is 14.8. The molecular weight excluding hydrogens is 463 g/mol. The lowest BCUT2D eigenvalue weighted by atomic mass is 9.98. The SMILES string of the molecule is CCCCCCCC(C)(F)C(=O)Oc1ccc(-c2ccccc2-c2ncc(CCCCCC)cn2)cc1. The minimum atomic E-state index is -1.99. The third-order valence-electron chi connectivity index (χ3n) is 6.74. The van der Waals surface area contributed by atoms with E-state index in [2.05, 4.69) is 23.8 Å². The van der Waals surface area contributed by atoms with Crippen LogP contribution in [0.4, 0.5) is 4.39 Å². The van der Waals surface area contributed by atoms with E-state index in [0.29, 0.717) is 18.0 Å². The second-order valence-electron chi connectivity index (χ2n) is 10.0. The Hall–Kier alpha value is -3.08. The van der Waals surface area contributed by atoms with Crippen LogP contribution < -0.4 is 4.74 Å². The number of unbranched alkanes of at least 4 members (excludes halogenated alkanes) is 7. The quantitative estimate of drug-likeness (QED) is 0.118. The molecule has 1 aromatic heterocycles. The molecule has 4 nitrogen and oxygen atoms in total. The lowest BCUT2D eigenvalue weighted by molar-refractivity contribution is -0.147. The van der Waals surface area contributed by atoms with E-state index in [4.69, 9.17) is 4.74 Å². The van der Waals surface area contributed by atoms with Crippen molar-refractivity contribution >= 4 is 5.97 Å². The fourth-order valence-electron chi connectivity index (χ4n) is 4.39. The van der Waals surface area contributed by atoms with Crippen molar-refractivity contribution in [3.05, 3.63) is 66.5 Å². The zero-order valence-electron chi connectivity index (χ0n) is 22.6. The molecule has 0 spiro atoms. The number of benzene rings is 2. The monoisotopic (exact) mass is 504 g/mol. The van der Waals surface area contributed by atoms with Crippen LogP contribution in [0.2, 0.25) is 0 Å². The number of carbonyl (C=O) groups excluding carboxylic acids is 1. The first-order chi connectivity index (χ1) is 17.9. The number of hydrogen-bond donors (Lipinski definition) is 0. The molecule has 1 atom stereocenters. The van der Waals surface area contributed by atoms with E-state index in [9.17, 15) is 9.18 Å². The van der Waals surface area contributed by atoms with Gasteiger partial charge in [0.05, 0.1) is 0 Å². The van der Waals surface area contributed by atoms with Gasteiger partial charge in [0.25, 0.3) is 0 Å². The first-order valence-corrected chi connectivity index (χ1v) is 13.9. The zero-order chi connectivity index (χ0) is 26.5. The number of ether oxygens (including phenoxy) is 1. The molecule has 0 aliphatic heterocycles. The number of esters is 1. The number of carbonyl (C=O) groups is 1. The topological polar surface area (TPSA) is 52.1 Å². The normalized spacial score (nSPS) is 12.8. The van der Waals surface area contributed by atoms with Crippen molar-refractivity contribution in [3.63, 3.8) is 0 Å². The molecule has 0 saturated heterocycles. The predicted octanol–water partition coefficient (Wildman–Crippen LogP) is 8.93. The van der Waals surface area contributed by atoms with Crippen LogP contribution in [0, 0.1) is 0 Å². The van der Waals surface area contributed by atoms with E-state index in [1.807, 2.05) is 48.8 Å². The molecule has 0 N–H and O–H groups in total. The zero-order valence-corrected chi connectivity index (χ0v) is 22.6. The van der Waals surface area contributed by atoms with Gasteiger partial charge in [-0.2, -0.15) is 0 Å². The van der Waals surface area contributed by atoms with Gasteiger partial charge in [-0.15, -0.1) is 0 Å². The maximum absolute atomic E-state index is 14.9. The molecule has 0 amide bonds. The molecule has 1 unspecified atom stereocenters. The Morgan fingerprint density at radius 1 is 0.811 bits per heavy atom. The van der Waals surface area contributed by atoms with Crippen LogP contribution in [0.5, 0.6) is 5.75 Å². The molecule has 0 radical (unpaired) electrons. The van der Waals surface area contributed by atoms with Gasteiger partial charge >= 0.3 is 5.97 Å². The van der Waals surface area contributed by atoms with Crippen LogP contribution in [-0.4, -0.2) is 21.6 Å². The third kappa shape index (κ3) is 8.77. The molecule has 37 heavy (non-hydrogen) atoms. The molecule has 2 aromatic carbocycles. The van der Waals surface area contributed by atoms with Crippen LogP contribution in [0.15, 0.2) is 60.9 Å².